The SMILES string of the molecule is CC(C)COc1ccccc1NC(=O)N1CCC(C(=O)N(C)C)CC1. The Morgan fingerprint density at radius 1 is 1.24 bits per heavy atom. The van der Waals surface area contributed by atoms with E-state index in [2.05, 4.69) is 19.2 Å². The van der Waals surface area contributed by atoms with Gasteiger partial charge in [-0.15, -0.1) is 0 Å². The summed E-state index contributed by atoms with van der Waals surface area (Å²) in [6.07, 6.45) is 1.41. The Labute approximate surface area is 150 Å². The number of anilines is 1. The monoisotopic (exact) mass is 347 g/mol. The van der Waals surface area contributed by atoms with Gasteiger partial charge in [0.1, 0.15) is 5.75 Å². The lowest BCUT2D eigenvalue weighted by molar-refractivity contribution is -0.134. The zero-order valence-electron chi connectivity index (χ0n) is 15.6. The maximum Gasteiger partial charge on any atom is 0.321 e. The van der Waals surface area contributed by atoms with E-state index in [0.717, 1.165) is 0 Å². The molecule has 0 aliphatic carbocycles. The van der Waals surface area contributed by atoms with Crippen molar-refractivity contribution in [3.63, 3.8) is 0 Å². The van der Waals surface area contributed by atoms with Crippen molar-refractivity contribution in [2.75, 3.05) is 39.1 Å². The predicted octanol–water partition coefficient (Wildman–Crippen LogP) is 3.05. The van der Waals surface area contributed by atoms with Gasteiger partial charge in [-0.25, -0.2) is 4.79 Å². The number of para-hydroxylation sites is 2. The van der Waals surface area contributed by atoms with E-state index in [9.17, 15) is 9.59 Å². The van der Waals surface area contributed by atoms with E-state index in [4.69, 9.17) is 4.74 Å². The molecule has 0 atom stereocenters. The second kappa shape index (κ2) is 8.74. The van der Waals surface area contributed by atoms with Crippen LogP contribution in [0.15, 0.2) is 24.3 Å². The first kappa shape index (κ1) is 19.1. The van der Waals surface area contributed by atoms with Crippen molar-refractivity contribution in [1.82, 2.24) is 9.80 Å². The summed E-state index contributed by atoms with van der Waals surface area (Å²) in [4.78, 5) is 27.9. The smallest absolute Gasteiger partial charge is 0.321 e. The number of likely N-dealkylation sites (tertiary alicyclic amines) is 1. The number of piperidine rings is 1. The number of carbonyl (C=O) groups excluding carboxylic acids is 2. The van der Waals surface area contributed by atoms with Crippen LogP contribution in [-0.4, -0.2) is 55.5 Å². The van der Waals surface area contributed by atoms with Crippen LogP contribution in [0, 0.1) is 11.8 Å². The van der Waals surface area contributed by atoms with E-state index >= 15 is 0 Å². The fourth-order valence-corrected chi connectivity index (χ4v) is 2.84. The maximum atomic E-state index is 12.5. The molecular weight excluding hydrogens is 318 g/mol. The molecule has 0 saturated carbocycles. The fourth-order valence-electron chi connectivity index (χ4n) is 2.84. The molecule has 1 saturated heterocycles. The van der Waals surface area contributed by atoms with E-state index in [0.29, 0.717) is 49.9 Å². The van der Waals surface area contributed by atoms with Gasteiger partial charge in [0.15, 0.2) is 0 Å². The second-order valence-corrected chi connectivity index (χ2v) is 7.13. The van der Waals surface area contributed by atoms with Crippen LogP contribution < -0.4 is 10.1 Å². The molecule has 1 aliphatic heterocycles. The van der Waals surface area contributed by atoms with Crippen molar-refractivity contribution in [2.45, 2.75) is 26.7 Å². The number of amides is 3. The molecule has 25 heavy (non-hydrogen) atoms. The summed E-state index contributed by atoms with van der Waals surface area (Å²) >= 11 is 0. The van der Waals surface area contributed by atoms with Crippen molar-refractivity contribution in [1.29, 1.82) is 0 Å². The van der Waals surface area contributed by atoms with Crippen molar-refractivity contribution < 1.29 is 14.3 Å². The molecule has 6 heteroatoms. The second-order valence-electron chi connectivity index (χ2n) is 7.13. The number of ether oxygens (including phenoxy) is 1. The molecule has 1 aromatic rings. The van der Waals surface area contributed by atoms with E-state index in [1.807, 2.05) is 24.3 Å². The van der Waals surface area contributed by atoms with Gasteiger partial charge in [0.05, 0.1) is 12.3 Å². The lowest BCUT2D eigenvalue weighted by Gasteiger charge is -2.32. The largest absolute Gasteiger partial charge is 0.491 e. The highest BCUT2D eigenvalue weighted by Gasteiger charge is 2.28. The van der Waals surface area contributed by atoms with Crippen molar-refractivity contribution >= 4 is 17.6 Å². The molecule has 3 amide bonds. The third kappa shape index (κ3) is 5.37. The van der Waals surface area contributed by atoms with Crippen LogP contribution >= 0.6 is 0 Å². The summed E-state index contributed by atoms with van der Waals surface area (Å²) in [7, 11) is 3.55. The van der Waals surface area contributed by atoms with Gasteiger partial charge in [-0.05, 0) is 30.9 Å². The van der Waals surface area contributed by atoms with Gasteiger partial charge in [0, 0.05) is 33.1 Å². The molecule has 1 heterocycles. The number of rotatable bonds is 5. The third-order valence-electron chi connectivity index (χ3n) is 4.27. The molecule has 0 radical (unpaired) electrons. The Balaban J connectivity index is 1.92. The van der Waals surface area contributed by atoms with Crippen LogP contribution in [0.2, 0.25) is 0 Å². The molecule has 1 N–H and O–H groups in total. The minimum Gasteiger partial charge on any atom is -0.491 e. The molecule has 6 nitrogen and oxygen atoms in total. The first-order valence-corrected chi connectivity index (χ1v) is 8.87. The van der Waals surface area contributed by atoms with Crippen LogP contribution in [0.1, 0.15) is 26.7 Å². The normalized spacial score (nSPS) is 15.2. The maximum absolute atomic E-state index is 12.5. The van der Waals surface area contributed by atoms with Crippen LogP contribution in [0.3, 0.4) is 0 Å². The first-order valence-electron chi connectivity index (χ1n) is 8.87. The van der Waals surface area contributed by atoms with Crippen LogP contribution in [0.25, 0.3) is 0 Å². The minimum absolute atomic E-state index is 0.0145. The summed E-state index contributed by atoms with van der Waals surface area (Å²) in [5, 5.41) is 2.94. The standard InChI is InChI=1S/C19H29N3O3/c1-14(2)13-25-17-8-6-5-7-16(17)20-19(24)22-11-9-15(10-12-22)18(23)21(3)4/h5-8,14-15H,9-13H2,1-4H3,(H,20,24). The molecular formula is C19H29N3O3. The molecule has 2 rings (SSSR count). The number of nitrogens with zero attached hydrogens (tertiary/aromatic N) is 2. The van der Waals surface area contributed by atoms with Gasteiger partial charge in [0.2, 0.25) is 5.91 Å². The Kier molecular flexibility index (Phi) is 6.67. The molecule has 0 aromatic heterocycles. The van der Waals surface area contributed by atoms with Crippen LogP contribution in [-0.2, 0) is 4.79 Å². The number of benzene rings is 1. The number of hydrogen-bond acceptors (Lipinski definition) is 3. The topological polar surface area (TPSA) is 61.9 Å². The number of urea groups is 1. The van der Waals surface area contributed by atoms with E-state index in [-0.39, 0.29) is 17.9 Å². The molecule has 1 aliphatic rings. The average Bonchev–Trinajstić information content (AvgIpc) is 2.60. The van der Waals surface area contributed by atoms with Gasteiger partial charge in [-0.3, -0.25) is 4.79 Å². The molecule has 0 spiro atoms. The summed E-state index contributed by atoms with van der Waals surface area (Å²) in [6.45, 7) is 5.95. The Morgan fingerprint density at radius 2 is 1.88 bits per heavy atom. The lowest BCUT2D eigenvalue weighted by Crippen LogP contribution is -2.44. The molecule has 0 unspecified atom stereocenters. The minimum atomic E-state index is -0.142. The van der Waals surface area contributed by atoms with Crippen molar-refractivity contribution in [2.24, 2.45) is 11.8 Å². The molecule has 0 bridgehead atoms. The highest BCUT2D eigenvalue weighted by molar-refractivity contribution is 5.91. The van der Waals surface area contributed by atoms with Gasteiger partial charge in [0.25, 0.3) is 0 Å². The Hall–Kier alpha value is -2.24. The number of carbonyl (C=O) groups is 2. The molecule has 1 aromatic carbocycles. The van der Waals surface area contributed by atoms with E-state index in [1.165, 1.54) is 0 Å². The van der Waals surface area contributed by atoms with Gasteiger partial charge < -0.3 is 19.9 Å². The number of hydrogen-bond donors (Lipinski definition) is 1. The Morgan fingerprint density at radius 3 is 2.48 bits per heavy atom. The van der Waals surface area contributed by atoms with Crippen LogP contribution in [0.5, 0.6) is 5.75 Å². The van der Waals surface area contributed by atoms with E-state index in [1.54, 1.807) is 23.9 Å². The Bertz CT molecular complexity index is 593. The summed E-state index contributed by atoms with van der Waals surface area (Å²) < 4.78 is 5.78. The summed E-state index contributed by atoms with van der Waals surface area (Å²) in [5.74, 6) is 1.26. The first-order chi connectivity index (χ1) is 11.9. The lowest BCUT2D eigenvalue weighted by atomic mass is 9.96. The van der Waals surface area contributed by atoms with Gasteiger partial charge >= 0.3 is 6.03 Å². The third-order valence-corrected chi connectivity index (χ3v) is 4.27. The number of nitrogens with one attached hydrogen (secondary N) is 1. The van der Waals surface area contributed by atoms with Crippen molar-refractivity contribution in [3.05, 3.63) is 24.3 Å². The highest BCUT2D eigenvalue weighted by Crippen LogP contribution is 2.26. The average molecular weight is 347 g/mol. The van der Waals surface area contributed by atoms with Gasteiger partial charge in [-0.2, -0.15) is 0 Å². The zero-order chi connectivity index (χ0) is 18.4. The van der Waals surface area contributed by atoms with Crippen LogP contribution in [0.4, 0.5) is 10.5 Å². The highest BCUT2D eigenvalue weighted by atomic mass is 16.5. The quantitative estimate of drug-likeness (QED) is 0.890. The fraction of sp³-hybridized carbons (Fsp3) is 0.579. The van der Waals surface area contributed by atoms with Gasteiger partial charge in [-0.1, -0.05) is 26.0 Å². The summed E-state index contributed by atoms with van der Waals surface area (Å²) in [6, 6.07) is 7.33. The summed E-state index contributed by atoms with van der Waals surface area (Å²) in [5.41, 5.74) is 0.680. The predicted molar refractivity (Wildman–Crippen MR) is 98.8 cm³/mol. The molecule has 138 valence electrons. The van der Waals surface area contributed by atoms with E-state index < -0.39 is 0 Å². The molecule has 1 fully saturated rings. The van der Waals surface area contributed by atoms with Crippen molar-refractivity contribution in [3.8, 4) is 5.75 Å². The zero-order valence-corrected chi connectivity index (χ0v) is 15.6.